The van der Waals surface area contributed by atoms with Crippen LogP contribution in [0.5, 0.6) is 5.75 Å². The largest absolute Gasteiger partial charge is 0.497 e. The lowest BCUT2D eigenvalue weighted by Gasteiger charge is -2.34. The summed E-state index contributed by atoms with van der Waals surface area (Å²) < 4.78 is 34.8. The Bertz CT molecular complexity index is 1760. The summed E-state index contributed by atoms with van der Waals surface area (Å²) in [6.07, 6.45) is 4.08. The number of methoxy groups -OCH3 is 1. The van der Waals surface area contributed by atoms with Crippen molar-refractivity contribution in [1.82, 2.24) is 10.2 Å². The van der Waals surface area contributed by atoms with Crippen molar-refractivity contribution < 1.29 is 22.7 Å². The van der Waals surface area contributed by atoms with Gasteiger partial charge in [0.25, 0.3) is 10.0 Å². The second kappa shape index (κ2) is 15.5. The first kappa shape index (κ1) is 34.0. The van der Waals surface area contributed by atoms with Crippen molar-refractivity contribution in [1.29, 1.82) is 0 Å². The average molecular weight is 674 g/mol. The molecule has 4 aromatic carbocycles. The summed E-state index contributed by atoms with van der Waals surface area (Å²) in [5.41, 5.74) is 2.79. The van der Waals surface area contributed by atoms with Crippen molar-refractivity contribution >= 4 is 39.1 Å². The maximum atomic E-state index is 14.6. The summed E-state index contributed by atoms with van der Waals surface area (Å²) in [5, 5.41) is 3.68. The van der Waals surface area contributed by atoms with Gasteiger partial charge in [0.05, 0.1) is 17.7 Å². The monoisotopic (exact) mass is 673 g/mol. The van der Waals surface area contributed by atoms with Gasteiger partial charge in [0.1, 0.15) is 18.3 Å². The van der Waals surface area contributed by atoms with Crippen LogP contribution in [-0.4, -0.2) is 50.9 Å². The molecule has 5 rings (SSSR count). The molecule has 1 aliphatic carbocycles. The van der Waals surface area contributed by atoms with E-state index in [2.05, 4.69) is 5.32 Å². The molecule has 4 aromatic rings. The number of benzene rings is 4. The average Bonchev–Trinajstić information content (AvgIpc) is 3.59. The predicted molar refractivity (Wildman–Crippen MR) is 185 cm³/mol. The van der Waals surface area contributed by atoms with Crippen LogP contribution in [0.15, 0.2) is 108 Å². The highest BCUT2D eigenvalue weighted by atomic mass is 35.5. The number of sulfonamides is 1. The number of amides is 2. The summed E-state index contributed by atoms with van der Waals surface area (Å²) in [6, 6.07) is 28.8. The van der Waals surface area contributed by atoms with Crippen LogP contribution in [0.3, 0.4) is 0 Å². The van der Waals surface area contributed by atoms with Crippen LogP contribution in [0.1, 0.15) is 42.4 Å². The molecule has 1 atom stereocenters. The van der Waals surface area contributed by atoms with E-state index in [-0.39, 0.29) is 35.5 Å². The third-order valence-corrected chi connectivity index (χ3v) is 10.5. The summed E-state index contributed by atoms with van der Waals surface area (Å²) in [4.78, 5) is 30.3. The SMILES string of the molecule is COc1ccc(N(CC(=O)N(Cc2cccc(Cl)c2)[C@@H](Cc2ccccc2)C(=O)NC2CCCC2)S(=O)(=O)c2ccc(C)cc2)cc1. The molecule has 0 heterocycles. The van der Waals surface area contributed by atoms with Crippen LogP contribution in [0.25, 0.3) is 0 Å². The number of carbonyl (C=O) groups is 2. The predicted octanol–water partition coefficient (Wildman–Crippen LogP) is 6.55. The van der Waals surface area contributed by atoms with Crippen molar-refractivity contribution in [2.75, 3.05) is 18.0 Å². The van der Waals surface area contributed by atoms with E-state index in [1.54, 1.807) is 54.6 Å². The van der Waals surface area contributed by atoms with E-state index >= 15 is 0 Å². The summed E-state index contributed by atoms with van der Waals surface area (Å²) in [6.45, 7) is 1.39. The van der Waals surface area contributed by atoms with Crippen molar-refractivity contribution in [3.63, 3.8) is 0 Å². The molecular formula is C37H40ClN3O5S. The minimum atomic E-state index is -4.20. The quantitative estimate of drug-likeness (QED) is 0.174. The molecule has 0 aliphatic heterocycles. The zero-order valence-electron chi connectivity index (χ0n) is 26.6. The lowest BCUT2D eigenvalue weighted by atomic mass is 10.0. The summed E-state index contributed by atoms with van der Waals surface area (Å²) in [5.74, 6) is -0.255. The minimum absolute atomic E-state index is 0.0293. The Labute approximate surface area is 282 Å². The fourth-order valence-corrected chi connectivity index (χ4v) is 7.50. The Hall–Kier alpha value is -4.34. The maximum Gasteiger partial charge on any atom is 0.264 e. The number of ether oxygens (including phenoxy) is 1. The van der Waals surface area contributed by atoms with Gasteiger partial charge >= 0.3 is 0 Å². The van der Waals surface area contributed by atoms with Crippen LogP contribution >= 0.6 is 11.6 Å². The first-order chi connectivity index (χ1) is 22.6. The molecule has 10 heteroatoms. The number of hydrogen-bond acceptors (Lipinski definition) is 5. The molecule has 8 nitrogen and oxygen atoms in total. The van der Waals surface area contributed by atoms with Gasteiger partial charge in [-0.25, -0.2) is 8.42 Å². The molecule has 0 aromatic heterocycles. The van der Waals surface area contributed by atoms with E-state index in [1.807, 2.05) is 43.3 Å². The first-order valence-corrected chi connectivity index (χ1v) is 17.6. The van der Waals surface area contributed by atoms with Gasteiger partial charge in [0.15, 0.2) is 0 Å². The number of rotatable bonds is 13. The third-order valence-electron chi connectivity index (χ3n) is 8.46. The van der Waals surface area contributed by atoms with Crippen molar-refractivity contribution in [3.05, 3.63) is 125 Å². The molecule has 2 amide bonds. The zero-order valence-corrected chi connectivity index (χ0v) is 28.2. The lowest BCUT2D eigenvalue weighted by molar-refractivity contribution is -0.140. The highest BCUT2D eigenvalue weighted by molar-refractivity contribution is 7.92. The van der Waals surface area contributed by atoms with Crippen molar-refractivity contribution in [2.24, 2.45) is 0 Å². The number of carbonyl (C=O) groups excluding carboxylic acids is 2. The normalized spacial score (nSPS) is 13.9. The Morgan fingerprint density at radius 1 is 0.894 bits per heavy atom. The Kier molecular flexibility index (Phi) is 11.2. The Morgan fingerprint density at radius 2 is 1.55 bits per heavy atom. The molecule has 0 unspecified atom stereocenters. The van der Waals surface area contributed by atoms with Gasteiger partial charge in [-0.15, -0.1) is 0 Å². The van der Waals surface area contributed by atoms with E-state index in [0.717, 1.165) is 46.7 Å². The smallest absolute Gasteiger partial charge is 0.264 e. The molecule has 0 saturated heterocycles. The van der Waals surface area contributed by atoms with Gasteiger partial charge < -0.3 is 15.0 Å². The molecule has 0 radical (unpaired) electrons. The number of hydrogen-bond donors (Lipinski definition) is 1. The van der Waals surface area contributed by atoms with Gasteiger partial charge in [0.2, 0.25) is 11.8 Å². The summed E-state index contributed by atoms with van der Waals surface area (Å²) in [7, 11) is -2.67. The zero-order chi connectivity index (χ0) is 33.4. The molecule has 0 spiro atoms. The molecule has 47 heavy (non-hydrogen) atoms. The number of aryl methyl sites for hydroxylation is 1. The second-order valence-corrected chi connectivity index (χ2v) is 14.2. The molecule has 1 saturated carbocycles. The van der Waals surface area contributed by atoms with Gasteiger partial charge in [0, 0.05) is 24.0 Å². The number of nitrogens with one attached hydrogen (secondary N) is 1. The Balaban J connectivity index is 1.56. The number of anilines is 1. The molecule has 1 N–H and O–H groups in total. The van der Waals surface area contributed by atoms with Crippen LogP contribution in [-0.2, 0) is 32.6 Å². The molecular weight excluding hydrogens is 634 g/mol. The standard InChI is InChI=1S/C37H40ClN3O5S/c1-27-15-21-34(22-16-27)47(44,45)41(32-17-19-33(46-2)20-18-32)26-36(42)40(25-29-11-8-12-30(38)23-29)35(24-28-9-4-3-5-10-28)37(43)39-31-13-6-7-14-31/h3-5,8-12,15-23,31,35H,6-7,13-14,24-26H2,1-2H3,(H,39,43)/t35-/m0/s1. The van der Waals surface area contributed by atoms with Gasteiger partial charge in [-0.3, -0.25) is 13.9 Å². The van der Waals surface area contributed by atoms with Gasteiger partial charge in [-0.05, 0) is 79.4 Å². The maximum absolute atomic E-state index is 14.6. The third kappa shape index (κ3) is 8.73. The van der Waals surface area contributed by atoms with E-state index in [9.17, 15) is 18.0 Å². The van der Waals surface area contributed by atoms with E-state index in [4.69, 9.17) is 16.3 Å². The van der Waals surface area contributed by atoms with Crippen molar-refractivity contribution in [2.45, 2.75) is 62.6 Å². The van der Waals surface area contributed by atoms with Gasteiger partial charge in [-0.2, -0.15) is 0 Å². The van der Waals surface area contributed by atoms with E-state index in [1.165, 1.54) is 24.1 Å². The molecule has 1 aliphatic rings. The van der Waals surface area contributed by atoms with Crippen molar-refractivity contribution in [3.8, 4) is 5.75 Å². The minimum Gasteiger partial charge on any atom is -0.497 e. The fourth-order valence-electron chi connectivity index (χ4n) is 5.87. The molecule has 246 valence electrons. The van der Waals surface area contributed by atoms with Crippen LogP contribution in [0, 0.1) is 6.92 Å². The fraction of sp³-hybridized carbons (Fsp3) is 0.297. The summed E-state index contributed by atoms with van der Waals surface area (Å²) >= 11 is 6.34. The van der Waals surface area contributed by atoms with E-state index in [0.29, 0.717) is 10.8 Å². The lowest BCUT2D eigenvalue weighted by Crippen LogP contribution is -2.54. The molecule has 1 fully saturated rings. The van der Waals surface area contributed by atoms with E-state index < -0.39 is 28.5 Å². The van der Waals surface area contributed by atoms with Crippen LogP contribution in [0.2, 0.25) is 5.02 Å². The Morgan fingerprint density at radius 3 is 2.19 bits per heavy atom. The van der Waals surface area contributed by atoms with Crippen LogP contribution < -0.4 is 14.4 Å². The second-order valence-electron chi connectivity index (χ2n) is 11.9. The topological polar surface area (TPSA) is 96.0 Å². The highest BCUT2D eigenvalue weighted by Gasteiger charge is 2.35. The number of halogens is 1. The highest BCUT2D eigenvalue weighted by Crippen LogP contribution is 2.28. The first-order valence-electron chi connectivity index (χ1n) is 15.8. The van der Waals surface area contributed by atoms with Crippen LogP contribution in [0.4, 0.5) is 5.69 Å². The molecule has 0 bridgehead atoms. The number of nitrogens with zero attached hydrogens (tertiary/aromatic N) is 2. The van der Waals surface area contributed by atoms with Gasteiger partial charge in [-0.1, -0.05) is 84.6 Å².